The van der Waals surface area contributed by atoms with Crippen LogP contribution in [0.15, 0.2) is 52.4 Å². The summed E-state index contributed by atoms with van der Waals surface area (Å²) < 4.78 is 26.0. The maximum atomic E-state index is 12.4. The van der Waals surface area contributed by atoms with Gasteiger partial charge in [0.15, 0.2) is 9.84 Å². The smallest absolute Gasteiger partial charge is 0.262 e. The standard InChI is InChI=1S/C16H16N2O3S2/c1-2-12-10-14-15(22-12)17-11-18(16(14)19)8-9-23(20,21)13-6-4-3-5-7-13/h3-7,10-11H,2,8-9H2,1H3. The molecule has 23 heavy (non-hydrogen) atoms. The number of hydrogen-bond donors (Lipinski definition) is 0. The fourth-order valence-corrected chi connectivity index (χ4v) is 4.48. The molecule has 0 aliphatic rings. The van der Waals surface area contributed by atoms with Crippen molar-refractivity contribution in [2.45, 2.75) is 24.8 Å². The lowest BCUT2D eigenvalue weighted by molar-refractivity contribution is 0.587. The third-order valence-corrected chi connectivity index (χ3v) is 6.52. The van der Waals surface area contributed by atoms with E-state index in [1.54, 1.807) is 30.3 Å². The maximum Gasteiger partial charge on any atom is 0.262 e. The van der Waals surface area contributed by atoms with Crippen LogP contribution in [-0.4, -0.2) is 23.7 Å². The summed E-state index contributed by atoms with van der Waals surface area (Å²) in [6, 6.07) is 10.1. The summed E-state index contributed by atoms with van der Waals surface area (Å²) in [5.74, 6) is -0.130. The molecule has 3 rings (SSSR count). The third kappa shape index (κ3) is 3.20. The molecule has 0 atom stereocenters. The van der Waals surface area contributed by atoms with Crippen LogP contribution in [-0.2, 0) is 22.8 Å². The fourth-order valence-electron chi connectivity index (χ4n) is 2.31. The van der Waals surface area contributed by atoms with Gasteiger partial charge in [-0.25, -0.2) is 13.4 Å². The highest BCUT2D eigenvalue weighted by atomic mass is 32.2. The SMILES string of the molecule is CCc1cc2c(=O)n(CCS(=O)(=O)c3ccccc3)cnc2s1. The van der Waals surface area contributed by atoms with Crippen molar-refractivity contribution < 1.29 is 8.42 Å². The highest BCUT2D eigenvalue weighted by Crippen LogP contribution is 2.21. The van der Waals surface area contributed by atoms with Gasteiger partial charge in [0.1, 0.15) is 4.83 Å². The number of aryl methyl sites for hydroxylation is 2. The fraction of sp³-hybridized carbons (Fsp3) is 0.250. The second-order valence-electron chi connectivity index (χ2n) is 5.16. The molecule has 0 saturated heterocycles. The number of sulfone groups is 1. The first kappa shape index (κ1) is 15.9. The van der Waals surface area contributed by atoms with E-state index in [-0.39, 0.29) is 22.8 Å². The van der Waals surface area contributed by atoms with Gasteiger partial charge in [-0.15, -0.1) is 11.3 Å². The van der Waals surface area contributed by atoms with Gasteiger partial charge in [-0.05, 0) is 24.6 Å². The van der Waals surface area contributed by atoms with Crippen molar-refractivity contribution in [3.8, 4) is 0 Å². The molecule has 7 heteroatoms. The maximum absolute atomic E-state index is 12.4. The van der Waals surface area contributed by atoms with Gasteiger partial charge >= 0.3 is 0 Å². The van der Waals surface area contributed by atoms with Crippen molar-refractivity contribution >= 4 is 31.4 Å². The van der Waals surface area contributed by atoms with E-state index in [0.29, 0.717) is 10.2 Å². The van der Waals surface area contributed by atoms with Crippen LogP contribution in [0.3, 0.4) is 0 Å². The van der Waals surface area contributed by atoms with Crippen LogP contribution in [0.5, 0.6) is 0 Å². The summed E-state index contributed by atoms with van der Waals surface area (Å²) >= 11 is 1.50. The predicted octanol–water partition coefficient (Wildman–Crippen LogP) is 2.49. The number of nitrogens with zero attached hydrogens (tertiary/aromatic N) is 2. The molecule has 0 N–H and O–H groups in total. The Kier molecular flexibility index (Phi) is 4.32. The molecule has 0 aliphatic heterocycles. The summed E-state index contributed by atoms with van der Waals surface area (Å²) in [7, 11) is -3.41. The van der Waals surface area contributed by atoms with Crippen molar-refractivity contribution in [1.29, 1.82) is 0 Å². The van der Waals surface area contributed by atoms with Crippen LogP contribution >= 0.6 is 11.3 Å². The predicted molar refractivity (Wildman–Crippen MR) is 91.8 cm³/mol. The zero-order chi connectivity index (χ0) is 16.4. The molecular weight excluding hydrogens is 332 g/mol. The van der Waals surface area contributed by atoms with Crippen LogP contribution in [0.2, 0.25) is 0 Å². The first-order valence-electron chi connectivity index (χ1n) is 7.27. The zero-order valence-electron chi connectivity index (χ0n) is 12.6. The Morgan fingerprint density at radius 2 is 1.96 bits per heavy atom. The van der Waals surface area contributed by atoms with Gasteiger partial charge in [0.25, 0.3) is 5.56 Å². The lowest BCUT2D eigenvalue weighted by Gasteiger charge is -2.06. The normalized spacial score (nSPS) is 11.9. The summed E-state index contributed by atoms with van der Waals surface area (Å²) in [4.78, 5) is 18.8. The monoisotopic (exact) mass is 348 g/mol. The molecule has 5 nitrogen and oxygen atoms in total. The number of rotatable bonds is 5. The summed E-state index contributed by atoms with van der Waals surface area (Å²) in [6.45, 7) is 2.12. The van der Waals surface area contributed by atoms with Gasteiger partial charge in [0.05, 0.1) is 22.4 Å². The molecular formula is C16H16N2O3S2. The van der Waals surface area contributed by atoms with Crippen molar-refractivity contribution in [3.05, 3.63) is 58.0 Å². The Morgan fingerprint density at radius 1 is 1.22 bits per heavy atom. The van der Waals surface area contributed by atoms with E-state index in [9.17, 15) is 13.2 Å². The van der Waals surface area contributed by atoms with Gasteiger partial charge < -0.3 is 0 Å². The average molecular weight is 348 g/mol. The second-order valence-corrected chi connectivity index (χ2v) is 8.38. The molecule has 0 unspecified atom stereocenters. The molecule has 120 valence electrons. The van der Waals surface area contributed by atoms with E-state index in [0.717, 1.165) is 11.3 Å². The minimum absolute atomic E-state index is 0.0936. The molecule has 3 aromatic rings. The molecule has 0 amide bonds. The van der Waals surface area contributed by atoms with Gasteiger partial charge in [-0.2, -0.15) is 0 Å². The minimum Gasteiger partial charge on any atom is -0.298 e. The van der Waals surface area contributed by atoms with E-state index in [4.69, 9.17) is 0 Å². The molecule has 0 spiro atoms. The highest BCUT2D eigenvalue weighted by Gasteiger charge is 2.15. The first-order chi connectivity index (χ1) is 11.0. The Balaban J connectivity index is 1.88. The Bertz CT molecular complexity index is 989. The number of thiophene rings is 1. The van der Waals surface area contributed by atoms with Gasteiger partial charge in [-0.3, -0.25) is 9.36 Å². The Hall–Kier alpha value is -1.99. The van der Waals surface area contributed by atoms with Crippen molar-refractivity contribution in [1.82, 2.24) is 9.55 Å². The second kappa shape index (κ2) is 6.25. The van der Waals surface area contributed by atoms with Crippen molar-refractivity contribution in [3.63, 3.8) is 0 Å². The van der Waals surface area contributed by atoms with Crippen LogP contribution in [0.4, 0.5) is 0 Å². The quantitative estimate of drug-likeness (QED) is 0.710. The third-order valence-electron chi connectivity index (χ3n) is 3.62. The zero-order valence-corrected chi connectivity index (χ0v) is 14.2. The van der Waals surface area contributed by atoms with Crippen molar-refractivity contribution in [2.24, 2.45) is 0 Å². The molecule has 0 radical (unpaired) electrons. The number of fused-ring (bicyclic) bond motifs is 1. The van der Waals surface area contributed by atoms with E-state index in [2.05, 4.69) is 4.98 Å². The van der Waals surface area contributed by atoms with E-state index in [1.807, 2.05) is 13.0 Å². The van der Waals surface area contributed by atoms with Gasteiger partial charge in [0, 0.05) is 11.4 Å². The van der Waals surface area contributed by atoms with Crippen LogP contribution < -0.4 is 5.56 Å². The molecule has 0 saturated carbocycles. The molecule has 0 aliphatic carbocycles. The van der Waals surface area contributed by atoms with E-state index in [1.165, 1.54) is 22.2 Å². The molecule has 2 aromatic heterocycles. The Morgan fingerprint density at radius 3 is 2.65 bits per heavy atom. The van der Waals surface area contributed by atoms with Gasteiger partial charge in [-0.1, -0.05) is 25.1 Å². The van der Waals surface area contributed by atoms with Crippen LogP contribution in [0, 0.1) is 0 Å². The van der Waals surface area contributed by atoms with Crippen LogP contribution in [0.25, 0.3) is 10.2 Å². The largest absolute Gasteiger partial charge is 0.298 e. The van der Waals surface area contributed by atoms with Crippen molar-refractivity contribution in [2.75, 3.05) is 5.75 Å². The van der Waals surface area contributed by atoms with Crippen LogP contribution in [0.1, 0.15) is 11.8 Å². The molecule has 0 fully saturated rings. The Labute approximate surface area is 138 Å². The number of benzene rings is 1. The lowest BCUT2D eigenvalue weighted by atomic mass is 10.3. The number of hydrogen-bond acceptors (Lipinski definition) is 5. The lowest BCUT2D eigenvalue weighted by Crippen LogP contribution is -2.24. The summed E-state index contributed by atoms with van der Waals surface area (Å²) in [6.07, 6.45) is 2.28. The average Bonchev–Trinajstić information content (AvgIpc) is 2.99. The first-order valence-corrected chi connectivity index (χ1v) is 9.74. The van der Waals surface area contributed by atoms with Gasteiger partial charge in [0.2, 0.25) is 0 Å². The number of aromatic nitrogens is 2. The summed E-state index contributed by atoms with van der Waals surface area (Å²) in [5, 5.41) is 0.562. The molecule has 0 bridgehead atoms. The minimum atomic E-state index is -3.41. The summed E-state index contributed by atoms with van der Waals surface area (Å²) in [5.41, 5.74) is -0.186. The van der Waals surface area contributed by atoms with E-state index < -0.39 is 9.84 Å². The van der Waals surface area contributed by atoms with E-state index >= 15 is 0 Å². The topological polar surface area (TPSA) is 69.0 Å². The molecule has 2 heterocycles. The molecule has 1 aromatic carbocycles. The highest BCUT2D eigenvalue weighted by molar-refractivity contribution is 7.91.